The van der Waals surface area contributed by atoms with Crippen LogP contribution in [0.4, 0.5) is 0 Å². The third-order valence-electron chi connectivity index (χ3n) is 5.01. The van der Waals surface area contributed by atoms with E-state index in [0.29, 0.717) is 25.4 Å². The average Bonchev–Trinajstić information content (AvgIpc) is 3.43. The van der Waals surface area contributed by atoms with Crippen molar-refractivity contribution >= 4 is 41.3 Å². The zero-order valence-electron chi connectivity index (χ0n) is 16.2. The Morgan fingerprint density at radius 1 is 1.37 bits per heavy atom. The third-order valence-corrected chi connectivity index (χ3v) is 5.98. The van der Waals surface area contributed by atoms with Crippen LogP contribution in [-0.2, 0) is 9.47 Å². The Labute approximate surface area is 184 Å². The van der Waals surface area contributed by atoms with Gasteiger partial charge in [0, 0.05) is 31.6 Å². The highest BCUT2D eigenvalue weighted by atomic mass is 127. The van der Waals surface area contributed by atoms with Crippen LogP contribution in [0.25, 0.3) is 0 Å². The van der Waals surface area contributed by atoms with Gasteiger partial charge in [-0.2, -0.15) is 0 Å². The van der Waals surface area contributed by atoms with E-state index in [4.69, 9.17) is 9.47 Å². The lowest BCUT2D eigenvalue weighted by molar-refractivity contribution is 0.0191. The standard InChI is InChI=1S/C19H32N4O2S.HI/c1-20-19(21-8-12-24-15-16-6-4-11-25-16)22-14-17(18-7-5-13-26-18)23-9-2-3-10-23;/h5,7,13,16-17H,2-4,6,8-12,14-15H2,1H3,(H2,20,21,22);1H. The van der Waals surface area contributed by atoms with Crippen molar-refractivity contribution in [2.24, 2.45) is 4.99 Å². The molecule has 3 rings (SSSR count). The minimum atomic E-state index is 0. The summed E-state index contributed by atoms with van der Waals surface area (Å²) in [5, 5.41) is 9.00. The summed E-state index contributed by atoms with van der Waals surface area (Å²) < 4.78 is 11.3. The van der Waals surface area contributed by atoms with Gasteiger partial charge in [0.2, 0.25) is 0 Å². The third kappa shape index (κ3) is 7.49. The molecule has 2 aliphatic heterocycles. The van der Waals surface area contributed by atoms with Gasteiger partial charge < -0.3 is 20.1 Å². The van der Waals surface area contributed by atoms with Crippen molar-refractivity contribution in [1.29, 1.82) is 0 Å². The topological polar surface area (TPSA) is 58.1 Å². The number of guanidine groups is 1. The van der Waals surface area contributed by atoms with Crippen molar-refractivity contribution in [3.05, 3.63) is 22.4 Å². The number of halogens is 1. The lowest BCUT2D eigenvalue weighted by atomic mass is 10.2. The fraction of sp³-hybridized carbons (Fsp3) is 0.737. The second-order valence-corrected chi connectivity index (χ2v) is 7.84. The number of nitrogens with zero attached hydrogens (tertiary/aromatic N) is 2. The Bertz CT molecular complexity index is 532. The molecule has 3 heterocycles. The Morgan fingerprint density at radius 2 is 2.22 bits per heavy atom. The molecule has 8 heteroatoms. The van der Waals surface area contributed by atoms with Gasteiger partial charge in [-0.25, -0.2) is 0 Å². The molecule has 6 nitrogen and oxygen atoms in total. The molecule has 1 aromatic heterocycles. The number of hydrogen-bond acceptors (Lipinski definition) is 5. The zero-order valence-corrected chi connectivity index (χ0v) is 19.3. The summed E-state index contributed by atoms with van der Waals surface area (Å²) in [5.74, 6) is 0.839. The van der Waals surface area contributed by atoms with E-state index >= 15 is 0 Å². The predicted octanol–water partition coefficient (Wildman–Crippen LogP) is 2.86. The summed E-state index contributed by atoms with van der Waals surface area (Å²) >= 11 is 1.84. The van der Waals surface area contributed by atoms with Crippen molar-refractivity contribution in [3.8, 4) is 0 Å². The molecule has 2 atom stereocenters. The molecule has 0 bridgehead atoms. The minimum absolute atomic E-state index is 0. The monoisotopic (exact) mass is 508 g/mol. The Morgan fingerprint density at radius 3 is 2.89 bits per heavy atom. The molecule has 154 valence electrons. The van der Waals surface area contributed by atoms with E-state index in [1.165, 1.54) is 30.8 Å². The van der Waals surface area contributed by atoms with E-state index < -0.39 is 0 Å². The molecule has 0 aliphatic carbocycles. The number of aliphatic imine (C=N–C) groups is 1. The average molecular weight is 508 g/mol. The van der Waals surface area contributed by atoms with Gasteiger partial charge in [-0.05, 0) is 50.2 Å². The smallest absolute Gasteiger partial charge is 0.191 e. The first kappa shape index (κ1) is 22.9. The molecule has 0 amide bonds. The van der Waals surface area contributed by atoms with Crippen LogP contribution in [0.3, 0.4) is 0 Å². The SMILES string of the molecule is CN=C(NCCOCC1CCCO1)NCC(c1cccs1)N1CCCC1.I. The van der Waals surface area contributed by atoms with Gasteiger partial charge in [0.1, 0.15) is 0 Å². The summed E-state index contributed by atoms with van der Waals surface area (Å²) in [6.07, 6.45) is 5.18. The number of nitrogens with one attached hydrogen (secondary N) is 2. The lowest BCUT2D eigenvalue weighted by Crippen LogP contribution is -2.43. The van der Waals surface area contributed by atoms with Crippen LogP contribution >= 0.6 is 35.3 Å². The summed E-state index contributed by atoms with van der Waals surface area (Å²) in [6, 6.07) is 4.80. The molecule has 2 saturated heterocycles. The normalized spacial score (nSPS) is 21.8. The van der Waals surface area contributed by atoms with Gasteiger partial charge in [0.05, 0.1) is 25.4 Å². The van der Waals surface area contributed by atoms with Crippen LogP contribution in [0, 0.1) is 0 Å². The maximum absolute atomic E-state index is 5.70. The molecule has 2 fully saturated rings. The number of ether oxygens (including phenoxy) is 2. The Hall–Kier alpha value is -0.420. The maximum atomic E-state index is 5.70. The minimum Gasteiger partial charge on any atom is -0.377 e. The largest absolute Gasteiger partial charge is 0.377 e. The fourth-order valence-electron chi connectivity index (χ4n) is 3.59. The molecule has 2 N–H and O–H groups in total. The van der Waals surface area contributed by atoms with Crippen LogP contribution in [0.5, 0.6) is 0 Å². The van der Waals surface area contributed by atoms with Crippen LogP contribution in [0.1, 0.15) is 36.6 Å². The summed E-state index contributed by atoms with van der Waals surface area (Å²) in [4.78, 5) is 8.35. The Balaban J connectivity index is 0.00000261. The number of likely N-dealkylation sites (tertiary alicyclic amines) is 1. The number of hydrogen-bond donors (Lipinski definition) is 2. The fourth-order valence-corrected chi connectivity index (χ4v) is 4.45. The predicted molar refractivity (Wildman–Crippen MR) is 122 cm³/mol. The van der Waals surface area contributed by atoms with Gasteiger partial charge in [0.15, 0.2) is 5.96 Å². The highest BCUT2D eigenvalue weighted by Gasteiger charge is 2.24. The summed E-state index contributed by atoms with van der Waals surface area (Å²) in [7, 11) is 1.82. The Kier molecular flexibility index (Phi) is 10.9. The van der Waals surface area contributed by atoms with Crippen LogP contribution < -0.4 is 10.6 Å². The second-order valence-electron chi connectivity index (χ2n) is 6.86. The van der Waals surface area contributed by atoms with Crippen LogP contribution in [-0.4, -0.2) is 70.0 Å². The first-order valence-corrected chi connectivity index (χ1v) is 10.7. The molecular formula is C19H33IN4O2S. The molecule has 2 aliphatic rings. The molecule has 0 aromatic carbocycles. The molecule has 2 unspecified atom stereocenters. The number of thiophene rings is 1. The maximum Gasteiger partial charge on any atom is 0.191 e. The molecule has 0 spiro atoms. The van der Waals surface area contributed by atoms with E-state index in [9.17, 15) is 0 Å². The van der Waals surface area contributed by atoms with Crippen molar-refractivity contribution in [1.82, 2.24) is 15.5 Å². The van der Waals surface area contributed by atoms with E-state index in [2.05, 4.69) is 38.0 Å². The van der Waals surface area contributed by atoms with Crippen LogP contribution in [0.2, 0.25) is 0 Å². The lowest BCUT2D eigenvalue weighted by Gasteiger charge is -2.27. The van der Waals surface area contributed by atoms with Crippen molar-refractivity contribution in [3.63, 3.8) is 0 Å². The van der Waals surface area contributed by atoms with Gasteiger partial charge in [-0.1, -0.05) is 6.07 Å². The zero-order chi connectivity index (χ0) is 18.0. The highest BCUT2D eigenvalue weighted by Crippen LogP contribution is 2.27. The first-order chi connectivity index (χ1) is 12.9. The second kappa shape index (κ2) is 12.9. The van der Waals surface area contributed by atoms with Crippen molar-refractivity contribution < 1.29 is 9.47 Å². The van der Waals surface area contributed by atoms with E-state index in [-0.39, 0.29) is 24.0 Å². The molecule has 0 saturated carbocycles. The van der Waals surface area contributed by atoms with E-state index in [1.807, 2.05) is 18.4 Å². The molecular weight excluding hydrogens is 475 g/mol. The van der Waals surface area contributed by atoms with Crippen molar-refractivity contribution in [2.75, 3.05) is 53.0 Å². The van der Waals surface area contributed by atoms with Gasteiger partial charge in [-0.15, -0.1) is 35.3 Å². The summed E-state index contributed by atoms with van der Waals surface area (Å²) in [5.41, 5.74) is 0. The molecule has 1 aromatic rings. The van der Waals surface area contributed by atoms with Gasteiger partial charge in [0.25, 0.3) is 0 Å². The molecule has 0 radical (unpaired) electrons. The van der Waals surface area contributed by atoms with Crippen LogP contribution in [0.15, 0.2) is 22.5 Å². The van der Waals surface area contributed by atoms with E-state index in [1.54, 1.807) is 0 Å². The number of rotatable bonds is 9. The van der Waals surface area contributed by atoms with Gasteiger partial charge >= 0.3 is 0 Å². The van der Waals surface area contributed by atoms with E-state index in [0.717, 1.165) is 38.5 Å². The first-order valence-electron chi connectivity index (χ1n) is 9.78. The molecule has 27 heavy (non-hydrogen) atoms. The van der Waals surface area contributed by atoms with Gasteiger partial charge in [-0.3, -0.25) is 9.89 Å². The summed E-state index contributed by atoms with van der Waals surface area (Å²) in [6.45, 7) is 6.24. The van der Waals surface area contributed by atoms with Crippen molar-refractivity contribution in [2.45, 2.75) is 37.8 Å². The highest BCUT2D eigenvalue weighted by molar-refractivity contribution is 14.0. The quantitative estimate of drug-likeness (QED) is 0.233.